The van der Waals surface area contributed by atoms with Gasteiger partial charge in [0.15, 0.2) is 11.8 Å². The molecule has 0 atom stereocenters. The number of carbonyl (C=O) groups excluding carboxylic acids is 1. The quantitative estimate of drug-likeness (QED) is 0.337. The van der Waals surface area contributed by atoms with Crippen LogP contribution in [0.15, 0.2) is 46.5 Å². The van der Waals surface area contributed by atoms with Crippen LogP contribution < -0.4 is 15.4 Å². The second kappa shape index (κ2) is 8.60. The Balaban J connectivity index is 1.90. The van der Waals surface area contributed by atoms with Crippen LogP contribution in [0.25, 0.3) is 16.7 Å². The summed E-state index contributed by atoms with van der Waals surface area (Å²) >= 11 is 1.20. The number of hydrogen-bond acceptors (Lipinski definition) is 6. The summed E-state index contributed by atoms with van der Waals surface area (Å²) in [4.78, 5) is 30.7. The van der Waals surface area contributed by atoms with Crippen molar-refractivity contribution < 1.29 is 27.8 Å². The van der Waals surface area contributed by atoms with Crippen LogP contribution in [0.5, 0.6) is 5.75 Å². The minimum atomic E-state index is -4.45. The molecule has 0 radical (unpaired) electrons. The average molecular weight is 426 g/mol. The van der Waals surface area contributed by atoms with E-state index in [1.54, 1.807) is 12.3 Å². The van der Waals surface area contributed by atoms with Crippen LogP contribution in [0.4, 0.5) is 13.2 Å². The molecule has 0 spiro atoms. The zero-order chi connectivity index (χ0) is 21.0. The molecule has 2 aromatic heterocycles. The van der Waals surface area contributed by atoms with E-state index >= 15 is 0 Å². The summed E-state index contributed by atoms with van der Waals surface area (Å²) in [6.07, 6.45) is -2.66. The van der Waals surface area contributed by atoms with Crippen molar-refractivity contribution in [2.24, 2.45) is 0 Å². The van der Waals surface area contributed by atoms with Gasteiger partial charge in [-0.2, -0.15) is 13.2 Å². The van der Waals surface area contributed by atoms with Gasteiger partial charge in [-0.25, -0.2) is 4.98 Å². The zero-order valence-corrected chi connectivity index (χ0v) is 15.7. The van der Waals surface area contributed by atoms with Crippen LogP contribution in [0.3, 0.4) is 0 Å². The molecule has 0 fully saturated rings. The third-order valence-corrected chi connectivity index (χ3v) is 4.83. The fourth-order valence-electron chi connectivity index (χ4n) is 2.54. The molecule has 1 aromatic carbocycles. The maximum Gasteiger partial charge on any atom is 0.422 e. The number of aliphatic carboxylic acids is 1. The van der Waals surface area contributed by atoms with Gasteiger partial charge in [0.2, 0.25) is 0 Å². The highest BCUT2D eigenvalue weighted by Crippen LogP contribution is 2.24. The number of carbonyl (C=O) groups is 1. The van der Waals surface area contributed by atoms with Crippen LogP contribution in [-0.4, -0.2) is 39.0 Å². The van der Waals surface area contributed by atoms with Gasteiger partial charge in [0.1, 0.15) is 11.3 Å². The van der Waals surface area contributed by atoms with Gasteiger partial charge in [0.25, 0.3) is 5.56 Å². The minimum Gasteiger partial charge on any atom is -0.550 e. The molecule has 29 heavy (non-hydrogen) atoms. The van der Waals surface area contributed by atoms with Crippen molar-refractivity contribution in [3.8, 4) is 11.4 Å². The first-order chi connectivity index (χ1) is 13.7. The van der Waals surface area contributed by atoms with Crippen LogP contribution in [0, 0.1) is 0 Å². The van der Waals surface area contributed by atoms with Gasteiger partial charge in [-0.05, 0) is 43.2 Å². The van der Waals surface area contributed by atoms with Gasteiger partial charge in [0.05, 0.1) is 11.2 Å². The fourth-order valence-corrected chi connectivity index (χ4v) is 3.49. The number of nitrogens with one attached hydrogen (secondary N) is 1. The maximum atomic E-state index is 12.9. The largest absolute Gasteiger partial charge is 0.550 e. The molecule has 154 valence electrons. The monoisotopic (exact) mass is 426 g/mol. The molecular weight excluding hydrogens is 411 g/mol. The van der Waals surface area contributed by atoms with E-state index in [0.29, 0.717) is 28.5 Å². The maximum absolute atomic E-state index is 12.9. The summed E-state index contributed by atoms with van der Waals surface area (Å²) in [7, 11) is 0. The molecule has 0 bridgehead atoms. The van der Waals surface area contributed by atoms with Gasteiger partial charge < -0.3 is 19.6 Å². The average Bonchev–Trinajstić information content (AvgIpc) is 3.12. The number of thioether (sulfide) groups is 1. The summed E-state index contributed by atoms with van der Waals surface area (Å²) in [5.41, 5.74) is 0.743. The predicted octanol–water partition coefficient (Wildman–Crippen LogP) is 2.28. The number of rotatable bonds is 8. The molecule has 3 rings (SSSR count). The number of fused-ring (bicyclic) bond motifs is 1. The molecule has 0 unspecified atom stereocenters. The number of carboxylic acid groups (broad SMARTS) is 1. The number of aromatic amines is 1. The molecule has 0 aliphatic heterocycles. The Hall–Kier alpha value is -2.95. The van der Waals surface area contributed by atoms with Crippen LogP contribution in [-0.2, 0) is 4.79 Å². The lowest BCUT2D eigenvalue weighted by atomic mass is 10.3. The topological polar surface area (TPSA) is 100 Å². The number of nitrogens with zero attached hydrogens (tertiary/aromatic N) is 2. The molecule has 2 heterocycles. The van der Waals surface area contributed by atoms with Crippen molar-refractivity contribution in [3.63, 3.8) is 0 Å². The normalized spacial score (nSPS) is 11.7. The Morgan fingerprint density at radius 2 is 1.97 bits per heavy atom. The van der Waals surface area contributed by atoms with E-state index in [-0.39, 0.29) is 23.2 Å². The molecule has 0 aliphatic carbocycles. The van der Waals surface area contributed by atoms with E-state index in [0.717, 1.165) is 0 Å². The Kier molecular flexibility index (Phi) is 6.16. The Labute approximate surface area is 166 Å². The summed E-state index contributed by atoms with van der Waals surface area (Å²) in [5, 5.41) is 10.9. The van der Waals surface area contributed by atoms with Gasteiger partial charge in [-0.3, -0.25) is 9.36 Å². The van der Waals surface area contributed by atoms with Crippen molar-refractivity contribution in [2.45, 2.75) is 24.2 Å². The second-order valence-electron chi connectivity index (χ2n) is 5.99. The van der Waals surface area contributed by atoms with Crippen molar-refractivity contribution in [3.05, 3.63) is 46.9 Å². The van der Waals surface area contributed by atoms with Crippen LogP contribution in [0.2, 0.25) is 0 Å². The Morgan fingerprint density at radius 3 is 2.62 bits per heavy atom. The highest BCUT2D eigenvalue weighted by Gasteiger charge is 2.28. The van der Waals surface area contributed by atoms with Crippen molar-refractivity contribution >= 4 is 28.8 Å². The smallest absolute Gasteiger partial charge is 0.422 e. The third-order valence-electron chi connectivity index (χ3n) is 3.80. The molecule has 1 N–H and O–H groups in total. The van der Waals surface area contributed by atoms with E-state index in [4.69, 9.17) is 0 Å². The molecule has 0 saturated heterocycles. The summed E-state index contributed by atoms with van der Waals surface area (Å²) in [5.74, 6) is -0.758. The molecule has 0 saturated carbocycles. The number of alkyl halides is 3. The predicted molar refractivity (Wildman–Crippen MR) is 98.2 cm³/mol. The lowest BCUT2D eigenvalue weighted by molar-refractivity contribution is -0.305. The lowest BCUT2D eigenvalue weighted by Crippen LogP contribution is -2.23. The first-order valence-corrected chi connectivity index (χ1v) is 9.46. The van der Waals surface area contributed by atoms with Gasteiger partial charge in [-0.15, -0.1) is 0 Å². The highest BCUT2D eigenvalue weighted by molar-refractivity contribution is 7.99. The number of ether oxygens (including phenoxy) is 1. The fraction of sp³-hybridized carbons (Fsp3) is 0.278. The van der Waals surface area contributed by atoms with Crippen molar-refractivity contribution in [1.82, 2.24) is 14.5 Å². The highest BCUT2D eigenvalue weighted by atomic mass is 32.2. The molecule has 3 aromatic rings. The summed E-state index contributed by atoms with van der Waals surface area (Å²) in [6.45, 7) is -1.41. The van der Waals surface area contributed by atoms with Crippen molar-refractivity contribution in [2.75, 3.05) is 12.4 Å². The molecule has 0 amide bonds. The van der Waals surface area contributed by atoms with Gasteiger partial charge in [-0.1, -0.05) is 11.8 Å². The molecule has 0 aliphatic rings. The number of benzene rings is 1. The van der Waals surface area contributed by atoms with Crippen LogP contribution in [0.1, 0.15) is 12.8 Å². The van der Waals surface area contributed by atoms with Gasteiger partial charge in [0, 0.05) is 17.9 Å². The SMILES string of the molecule is O=C([O-])CCCSc1nc2cc[nH]c2c(=O)n1-c1ccc(OCC(F)(F)F)cc1. The van der Waals surface area contributed by atoms with Gasteiger partial charge >= 0.3 is 6.18 Å². The Bertz CT molecular complexity index is 1060. The Morgan fingerprint density at radius 1 is 1.24 bits per heavy atom. The van der Waals surface area contributed by atoms with E-state index in [1.165, 1.54) is 40.6 Å². The third kappa shape index (κ3) is 5.31. The summed E-state index contributed by atoms with van der Waals surface area (Å²) < 4.78 is 42.8. The van der Waals surface area contributed by atoms with E-state index in [9.17, 15) is 27.9 Å². The van der Waals surface area contributed by atoms with E-state index in [2.05, 4.69) is 14.7 Å². The lowest BCUT2D eigenvalue weighted by Gasteiger charge is -2.13. The standard InChI is InChI=1S/C18H16F3N3O4S/c19-18(20,21)10-28-12-5-3-11(4-6-12)24-16(27)15-13(7-8-22-15)23-17(24)29-9-1-2-14(25)26/h3-8,22H,1-2,9-10H2,(H,25,26)/p-1. The number of hydrogen-bond donors (Lipinski definition) is 1. The summed E-state index contributed by atoms with van der Waals surface area (Å²) in [6, 6.07) is 7.21. The number of aromatic nitrogens is 3. The molecular formula is C18H15F3N3O4S-. The van der Waals surface area contributed by atoms with E-state index in [1.807, 2.05) is 0 Å². The number of halogens is 3. The number of H-pyrrole nitrogens is 1. The zero-order valence-electron chi connectivity index (χ0n) is 14.9. The molecule has 11 heteroatoms. The second-order valence-corrected chi connectivity index (χ2v) is 7.06. The number of carboxylic acids is 1. The first kappa shape index (κ1) is 20.8. The minimum absolute atomic E-state index is 0.0104. The van der Waals surface area contributed by atoms with Crippen molar-refractivity contribution in [1.29, 1.82) is 0 Å². The first-order valence-electron chi connectivity index (χ1n) is 8.47. The van der Waals surface area contributed by atoms with E-state index < -0.39 is 18.8 Å². The molecule has 7 nitrogen and oxygen atoms in total. The van der Waals surface area contributed by atoms with Crippen LogP contribution >= 0.6 is 11.8 Å².